The molecule has 11 heteroatoms. The lowest BCUT2D eigenvalue weighted by molar-refractivity contribution is 0.350. The van der Waals surface area contributed by atoms with Crippen molar-refractivity contribution in [3.8, 4) is 5.75 Å². The molecule has 0 aliphatic carbocycles. The Morgan fingerprint density at radius 3 is 1.33 bits per heavy atom. The summed E-state index contributed by atoms with van der Waals surface area (Å²) in [6.45, 7) is 0. The van der Waals surface area contributed by atoms with Crippen LogP contribution < -0.4 is 4.74 Å². The van der Waals surface area contributed by atoms with Crippen molar-refractivity contribution in [2.24, 2.45) is 0 Å². The summed E-state index contributed by atoms with van der Waals surface area (Å²) in [6.07, 6.45) is 0. The summed E-state index contributed by atoms with van der Waals surface area (Å²) in [5, 5.41) is 0. The fourth-order valence-corrected chi connectivity index (χ4v) is 5.74. The highest BCUT2D eigenvalue weighted by atomic mass is 32.2. The van der Waals surface area contributed by atoms with E-state index in [1.165, 1.54) is 14.7 Å². The zero-order chi connectivity index (χ0) is 26.5. The maximum atomic E-state index is 12.6. The maximum absolute atomic E-state index is 12.6. The summed E-state index contributed by atoms with van der Waals surface area (Å²) in [4.78, 5) is 1.58. The Morgan fingerprint density at radius 2 is 0.972 bits per heavy atom. The number of hydrogen-bond donors (Lipinski definition) is 0. The summed E-state index contributed by atoms with van der Waals surface area (Å²) < 4.78 is 98.2. The number of ether oxygens (including phenoxy) is 1. The minimum Gasteiger partial charge on any atom is -0.744 e. The van der Waals surface area contributed by atoms with Gasteiger partial charge in [0.05, 0.1) is 18.0 Å². The third kappa shape index (κ3) is 6.04. The molecule has 0 amide bonds. The van der Waals surface area contributed by atoms with Crippen LogP contribution in [-0.4, -0.2) is 20.1 Å². The second-order valence-corrected chi connectivity index (χ2v) is 10.3. The van der Waals surface area contributed by atoms with Gasteiger partial charge in [-0.05, 0) is 48.5 Å². The quantitative estimate of drug-likeness (QED) is 0.101. The molecule has 0 aliphatic heterocycles. The van der Waals surface area contributed by atoms with Crippen LogP contribution >= 0.6 is 0 Å². The van der Waals surface area contributed by atoms with Crippen molar-refractivity contribution in [3.05, 3.63) is 114 Å². The van der Waals surface area contributed by atoms with Gasteiger partial charge in [-0.15, -0.1) is 0 Å². The predicted octanol–water partition coefficient (Wildman–Crippen LogP) is 6.08. The summed E-state index contributed by atoms with van der Waals surface area (Å²) in [7, 11) is -4.16. The van der Waals surface area contributed by atoms with E-state index in [2.05, 4.69) is 72.8 Å². The molecule has 4 rings (SSSR count). The average Bonchev–Trinajstić information content (AvgIpc) is 2.88. The third-order valence-corrected chi connectivity index (χ3v) is 7.76. The van der Waals surface area contributed by atoms with E-state index in [-0.39, 0.29) is 10.9 Å². The fraction of sp³-hybridized carbons (Fsp3) is 0.0400. The topological polar surface area (TPSA) is 66.4 Å². The predicted molar refractivity (Wildman–Crippen MR) is 122 cm³/mol. The van der Waals surface area contributed by atoms with Gasteiger partial charge in [-0.2, -0.15) is 0 Å². The zero-order valence-electron chi connectivity index (χ0n) is 18.4. The van der Waals surface area contributed by atoms with Crippen LogP contribution in [0, 0.1) is 29.1 Å². The van der Waals surface area contributed by atoms with E-state index in [0.717, 1.165) is 5.75 Å². The molecule has 4 aromatic rings. The molecule has 0 saturated carbocycles. The first-order chi connectivity index (χ1) is 17.1. The molecule has 0 aromatic heterocycles. The highest BCUT2D eigenvalue weighted by Crippen LogP contribution is 2.32. The third-order valence-electron chi connectivity index (χ3n) is 4.67. The summed E-state index contributed by atoms with van der Waals surface area (Å²) >= 11 is 0. The molecule has 0 bridgehead atoms. The molecule has 0 spiro atoms. The Kier molecular flexibility index (Phi) is 8.72. The van der Waals surface area contributed by atoms with Gasteiger partial charge in [0.1, 0.15) is 20.8 Å². The number of rotatable bonds is 5. The van der Waals surface area contributed by atoms with Crippen LogP contribution in [0.15, 0.2) is 105 Å². The van der Waals surface area contributed by atoms with E-state index in [9.17, 15) is 34.9 Å². The molecular formula is C25H17F5O4S2. The smallest absolute Gasteiger partial charge is 0.200 e. The largest absolute Gasteiger partial charge is 0.744 e. The Labute approximate surface area is 207 Å². The van der Waals surface area contributed by atoms with Gasteiger partial charge in [0.2, 0.25) is 5.82 Å². The van der Waals surface area contributed by atoms with Crippen LogP contribution in [0.4, 0.5) is 22.0 Å². The lowest BCUT2D eigenvalue weighted by atomic mass is 10.3. The van der Waals surface area contributed by atoms with Gasteiger partial charge >= 0.3 is 0 Å². The highest BCUT2D eigenvalue weighted by molar-refractivity contribution is 7.97. The van der Waals surface area contributed by atoms with E-state index in [1.54, 1.807) is 7.11 Å². The van der Waals surface area contributed by atoms with E-state index >= 15 is 0 Å². The van der Waals surface area contributed by atoms with E-state index in [0.29, 0.717) is 0 Å². The van der Waals surface area contributed by atoms with E-state index in [1.807, 2.05) is 12.1 Å². The minimum absolute atomic E-state index is 0.0804. The van der Waals surface area contributed by atoms with Crippen LogP contribution in [0.1, 0.15) is 0 Å². The Bertz CT molecular complexity index is 1360. The lowest BCUT2D eigenvalue weighted by Gasteiger charge is -2.10. The second-order valence-electron chi connectivity index (χ2n) is 6.96. The van der Waals surface area contributed by atoms with Crippen molar-refractivity contribution in [3.63, 3.8) is 0 Å². The molecule has 0 unspecified atom stereocenters. The normalized spacial score (nSPS) is 11.1. The van der Waals surface area contributed by atoms with E-state index in [4.69, 9.17) is 4.74 Å². The Morgan fingerprint density at radius 1 is 0.611 bits per heavy atom. The summed E-state index contributed by atoms with van der Waals surface area (Å²) in [5.74, 6) is -11.9. The van der Waals surface area contributed by atoms with Crippen molar-refractivity contribution in [2.75, 3.05) is 7.11 Å². The molecule has 0 aliphatic rings. The van der Waals surface area contributed by atoms with Gasteiger partial charge in [0.15, 0.2) is 38.0 Å². The van der Waals surface area contributed by atoms with Gasteiger partial charge in [0, 0.05) is 0 Å². The van der Waals surface area contributed by atoms with E-state index < -0.39 is 44.1 Å². The first kappa shape index (κ1) is 27.2. The number of hydrogen-bond acceptors (Lipinski definition) is 4. The van der Waals surface area contributed by atoms with Crippen LogP contribution in [-0.2, 0) is 21.0 Å². The van der Waals surface area contributed by atoms with Crippen molar-refractivity contribution < 1.29 is 39.7 Å². The molecule has 0 N–H and O–H groups in total. The molecule has 0 fully saturated rings. The average molecular weight is 541 g/mol. The van der Waals surface area contributed by atoms with Gasteiger partial charge in [-0.25, -0.2) is 30.4 Å². The van der Waals surface area contributed by atoms with Crippen LogP contribution in [0.25, 0.3) is 0 Å². The summed E-state index contributed by atoms with van der Waals surface area (Å²) in [6, 6.07) is 29.7. The Balaban J connectivity index is 0.000000214. The number of benzene rings is 4. The van der Waals surface area contributed by atoms with Gasteiger partial charge in [0.25, 0.3) is 0 Å². The zero-order valence-corrected chi connectivity index (χ0v) is 20.1. The first-order valence-corrected chi connectivity index (χ1v) is 12.6. The Hall–Kier alpha value is -3.41. The highest BCUT2D eigenvalue weighted by Gasteiger charge is 2.29. The second kappa shape index (κ2) is 11.5. The number of halogens is 5. The molecule has 0 heterocycles. The molecule has 188 valence electrons. The molecule has 4 nitrogen and oxygen atoms in total. The van der Waals surface area contributed by atoms with Crippen molar-refractivity contribution in [1.82, 2.24) is 0 Å². The lowest BCUT2D eigenvalue weighted by Crippen LogP contribution is -2.12. The number of methoxy groups -OCH3 is 1. The molecule has 0 radical (unpaired) electrons. The SMILES string of the molecule is COc1ccc([S+](c2ccccc2)c2ccccc2)cc1.O=S(=O)([O-])c1c(F)c(F)c(F)c(F)c1F. The molecule has 36 heavy (non-hydrogen) atoms. The molecule has 0 atom stereocenters. The van der Waals surface area contributed by atoms with Crippen LogP contribution in [0.2, 0.25) is 0 Å². The molecule has 0 saturated heterocycles. The van der Waals surface area contributed by atoms with Crippen molar-refractivity contribution in [1.29, 1.82) is 0 Å². The van der Waals surface area contributed by atoms with Gasteiger partial charge in [-0.1, -0.05) is 36.4 Å². The monoisotopic (exact) mass is 540 g/mol. The van der Waals surface area contributed by atoms with Crippen molar-refractivity contribution in [2.45, 2.75) is 19.6 Å². The summed E-state index contributed by atoms with van der Waals surface area (Å²) in [5.41, 5.74) is 0. The fourth-order valence-electron chi connectivity index (χ4n) is 3.04. The molecular weight excluding hydrogens is 523 g/mol. The standard InChI is InChI=1S/C19H17OS.C6HF5O3S/c1-20-16-12-14-19(15-13-16)21(17-8-4-2-5-9-17)18-10-6-3-7-11-18;7-1-2(8)4(10)6(15(12,13)14)5(11)3(1)9/h2-15H,1H3;(H,12,13,14)/q+1;/p-1. The van der Waals surface area contributed by atoms with Crippen LogP contribution in [0.3, 0.4) is 0 Å². The molecule has 4 aromatic carbocycles. The van der Waals surface area contributed by atoms with Gasteiger partial charge in [-0.3, -0.25) is 0 Å². The van der Waals surface area contributed by atoms with Gasteiger partial charge < -0.3 is 9.29 Å². The maximum Gasteiger partial charge on any atom is 0.200 e. The van der Waals surface area contributed by atoms with Crippen molar-refractivity contribution >= 4 is 21.0 Å². The first-order valence-electron chi connectivity index (χ1n) is 10.0. The minimum atomic E-state index is -5.77. The van der Waals surface area contributed by atoms with Crippen LogP contribution in [0.5, 0.6) is 5.75 Å².